The number of hydrogen-bond acceptors (Lipinski definition) is 6. The van der Waals surface area contributed by atoms with Gasteiger partial charge in [0.05, 0.1) is 21.6 Å². The van der Waals surface area contributed by atoms with Gasteiger partial charge in [-0.1, -0.05) is 12.1 Å². The van der Waals surface area contributed by atoms with Crippen molar-refractivity contribution in [3.8, 4) is 11.5 Å². The third kappa shape index (κ3) is 4.62. The molecule has 0 aliphatic carbocycles. The highest BCUT2D eigenvalue weighted by molar-refractivity contribution is 5.82. The van der Waals surface area contributed by atoms with Gasteiger partial charge in [0.15, 0.2) is 0 Å². The Balaban J connectivity index is 1.79. The number of ether oxygens (including phenoxy) is 1. The Morgan fingerprint density at radius 1 is 0.931 bits per heavy atom. The minimum absolute atomic E-state index is 0.0718. The lowest BCUT2D eigenvalue weighted by atomic mass is 10.1. The number of aryl methyl sites for hydroxylation is 1. The summed E-state index contributed by atoms with van der Waals surface area (Å²) >= 11 is 0. The maximum atomic E-state index is 11.2. The van der Waals surface area contributed by atoms with E-state index in [0.29, 0.717) is 5.75 Å². The van der Waals surface area contributed by atoms with Crippen molar-refractivity contribution < 1.29 is 14.6 Å². The lowest BCUT2D eigenvalue weighted by molar-refractivity contribution is -0.394. The number of nitro benzene ring substituents is 2. The fraction of sp³-hybridized carbons (Fsp3) is 0.0952. The summed E-state index contributed by atoms with van der Waals surface area (Å²) < 4.78 is 5.55. The number of nitro groups is 2. The number of nitrogens with zero attached hydrogens (tertiary/aromatic N) is 3. The molecule has 0 atom stereocenters. The fourth-order valence-corrected chi connectivity index (χ4v) is 2.62. The summed E-state index contributed by atoms with van der Waals surface area (Å²) in [5.41, 5.74) is 3.13. The smallest absolute Gasteiger partial charge is 0.318 e. The first kappa shape index (κ1) is 19.7. The van der Waals surface area contributed by atoms with Crippen LogP contribution in [-0.2, 0) is 0 Å². The van der Waals surface area contributed by atoms with Crippen LogP contribution in [-0.4, -0.2) is 16.1 Å². The van der Waals surface area contributed by atoms with Crippen molar-refractivity contribution in [1.82, 2.24) is 0 Å². The zero-order valence-electron chi connectivity index (χ0n) is 15.7. The number of rotatable bonds is 6. The molecule has 0 radical (unpaired) electrons. The van der Waals surface area contributed by atoms with E-state index in [2.05, 4.69) is 4.99 Å². The summed E-state index contributed by atoms with van der Waals surface area (Å²) in [6.45, 7) is 4.04. The lowest BCUT2D eigenvalue weighted by Gasteiger charge is -2.06. The molecule has 3 aromatic carbocycles. The fourth-order valence-electron chi connectivity index (χ4n) is 2.62. The van der Waals surface area contributed by atoms with Gasteiger partial charge in [0.2, 0.25) is 5.75 Å². The second kappa shape index (κ2) is 8.30. The first-order chi connectivity index (χ1) is 13.8. The first-order valence-electron chi connectivity index (χ1n) is 8.66. The highest BCUT2D eigenvalue weighted by atomic mass is 16.6. The van der Waals surface area contributed by atoms with Crippen LogP contribution >= 0.6 is 0 Å². The summed E-state index contributed by atoms with van der Waals surface area (Å²) in [6, 6.07) is 16.0. The molecule has 0 saturated carbocycles. The van der Waals surface area contributed by atoms with E-state index in [1.807, 2.05) is 32.0 Å². The molecule has 29 heavy (non-hydrogen) atoms. The Labute approximate surface area is 166 Å². The van der Waals surface area contributed by atoms with Gasteiger partial charge in [0.25, 0.3) is 5.69 Å². The zero-order chi connectivity index (χ0) is 21.0. The molecule has 0 N–H and O–H groups in total. The summed E-state index contributed by atoms with van der Waals surface area (Å²) in [5, 5.41) is 22.0. The molecule has 0 aromatic heterocycles. The van der Waals surface area contributed by atoms with E-state index in [0.717, 1.165) is 34.5 Å². The number of benzene rings is 3. The predicted octanol–water partition coefficient (Wildman–Crippen LogP) is 5.66. The van der Waals surface area contributed by atoms with Gasteiger partial charge in [-0.25, -0.2) is 0 Å². The Morgan fingerprint density at radius 2 is 1.66 bits per heavy atom. The highest BCUT2D eigenvalue weighted by Crippen LogP contribution is 2.34. The molecule has 0 aliphatic heterocycles. The van der Waals surface area contributed by atoms with Crippen LogP contribution in [0.25, 0.3) is 0 Å². The summed E-state index contributed by atoms with van der Waals surface area (Å²) in [4.78, 5) is 25.1. The minimum atomic E-state index is -0.715. The van der Waals surface area contributed by atoms with Crippen LogP contribution in [0.1, 0.15) is 16.7 Å². The van der Waals surface area contributed by atoms with Crippen molar-refractivity contribution >= 4 is 23.3 Å². The van der Waals surface area contributed by atoms with E-state index in [-0.39, 0.29) is 11.4 Å². The molecule has 8 heteroatoms. The average molecular weight is 391 g/mol. The molecule has 0 spiro atoms. The standard InChI is InChI=1S/C21H17N3O5/c1-14-4-3-5-19(15(14)2)22-13-16-6-9-18(10-7-16)29-21-11-8-17(23(25)26)12-20(21)24(27)28/h3-13H,1-2H3. The van der Waals surface area contributed by atoms with Gasteiger partial charge in [-0.2, -0.15) is 0 Å². The van der Waals surface area contributed by atoms with Crippen LogP contribution in [0.5, 0.6) is 11.5 Å². The summed E-state index contributed by atoms with van der Waals surface area (Å²) in [7, 11) is 0. The zero-order valence-corrected chi connectivity index (χ0v) is 15.7. The van der Waals surface area contributed by atoms with Crippen molar-refractivity contribution in [3.05, 3.63) is 97.6 Å². The molecule has 0 fully saturated rings. The molecule has 0 saturated heterocycles. The molecule has 3 aromatic rings. The Hall–Kier alpha value is -4.07. The van der Waals surface area contributed by atoms with Crippen molar-refractivity contribution in [1.29, 1.82) is 0 Å². The molecule has 8 nitrogen and oxygen atoms in total. The van der Waals surface area contributed by atoms with E-state index < -0.39 is 15.5 Å². The molecule has 0 heterocycles. The van der Waals surface area contributed by atoms with Crippen molar-refractivity contribution in [2.75, 3.05) is 0 Å². The van der Waals surface area contributed by atoms with Crippen LogP contribution in [0.4, 0.5) is 17.1 Å². The maximum absolute atomic E-state index is 11.2. The molecule has 3 rings (SSSR count). The van der Waals surface area contributed by atoms with Crippen molar-refractivity contribution in [3.63, 3.8) is 0 Å². The van der Waals surface area contributed by atoms with Crippen LogP contribution in [0.3, 0.4) is 0 Å². The van der Waals surface area contributed by atoms with Crippen LogP contribution in [0.15, 0.2) is 65.7 Å². The van der Waals surface area contributed by atoms with Crippen LogP contribution in [0.2, 0.25) is 0 Å². The van der Waals surface area contributed by atoms with Gasteiger partial charge in [0, 0.05) is 12.3 Å². The van der Waals surface area contributed by atoms with Gasteiger partial charge in [-0.3, -0.25) is 25.2 Å². The topological polar surface area (TPSA) is 108 Å². The van der Waals surface area contributed by atoms with Gasteiger partial charge in [-0.05, 0) is 66.9 Å². The predicted molar refractivity (Wildman–Crippen MR) is 109 cm³/mol. The Bertz CT molecular complexity index is 1110. The second-order valence-corrected chi connectivity index (χ2v) is 6.31. The lowest BCUT2D eigenvalue weighted by Crippen LogP contribution is -1.96. The first-order valence-corrected chi connectivity index (χ1v) is 8.66. The van der Waals surface area contributed by atoms with E-state index in [9.17, 15) is 20.2 Å². The van der Waals surface area contributed by atoms with Crippen molar-refractivity contribution in [2.24, 2.45) is 4.99 Å². The van der Waals surface area contributed by atoms with Crippen LogP contribution < -0.4 is 4.74 Å². The number of non-ortho nitro benzene ring substituents is 1. The third-order valence-corrected chi connectivity index (χ3v) is 4.39. The van der Waals surface area contributed by atoms with E-state index >= 15 is 0 Å². The molecule has 0 bridgehead atoms. The number of aliphatic imine (C=N–C) groups is 1. The monoisotopic (exact) mass is 391 g/mol. The van der Waals surface area contributed by atoms with E-state index in [1.165, 1.54) is 6.07 Å². The van der Waals surface area contributed by atoms with Gasteiger partial charge in [0.1, 0.15) is 5.75 Å². The van der Waals surface area contributed by atoms with Crippen LogP contribution in [0, 0.1) is 34.1 Å². The van der Waals surface area contributed by atoms with Gasteiger partial charge >= 0.3 is 5.69 Å². The SMILES string of the molecule is Cc1cccc(N=Cc2ccc(Oc3ccc([N+](=O)[O-])cc3[N+](=O)[O-])cc2)c1C. The second-order valence-electron chi connectivity index (χ2n) is 6.31. The largest absolute Gasteiger partial charge is 0.450 e. The minimum Gasteiger partial charge on any atom is -0.450 e. The Morgan fingerprint density at radius 3 is 2.31 bits per heavy atom. The Kier molecular flexibility index (Phi) is 5.64. The molecule has 146 valence electrons. The molecular formula is C21H17N3O5. The quantitative estimate of drug-likeness (QED) is 0.306. The molecule has 0 unspecified atom stereocenters. The van der Waals surface area contributed by atoms with Gasteiger partial charge in [-0.15, -0.1) is 0 Å². The van der Waals surface area contributed by atoms with Gasteiger partial charge < -0.3 is 4.74 Å². The van der Waals surface area contributed by atoms with E-state index in [1.54, 1.807) is 30.5 Å². The average Bonchev–Trinajstić information content (AvgIpc) is 2.70. The molecule has 0 amide bonds. The highest BCUT2D eigenvalue weighted by Gasteiger charge is 2.21. The maximum Gasteiger partial charge on any atom is 0.318 e. The third-order valence-electron chi connectivity index (χ3n) is 4.39. The van der Waals surface area contributed by atoms with E-state index in [4.69, 9.17) is 4.74 Å². The number of hydrogen-bond donors (Lipinski definition) is 0. The summed E-state index contributed by atoms with van der Waals surface area (Å²) in [6.07, 6.45) is 1.72. The molecule has 0 aliphatic rings. The summed E-state index contributed by atoms with van der Waals surface area (Å²) in [5.74, 6) is 0.295. The normalized spacial score (nSPS) is 10.8. The van der Waals surface area contributed by atoms with Crippen molar-refractivity contribution in [2.45, 2.75) is 13.8 Å². The molecular weight excluding hydrogens is 374 g/mol.